The van der Waals surface area contributed by atoms with Gasteiger partial charge in [-0.1, -0.05) is 0 Å². The third-order valence-corrected chi connectivity index (χ3v) is 3.27. The van der Waals surface area contributed by atoms with Crippen LogP contribution in [-0.4, -0.2) is 42.5 Å². The number of ether oxygens (including phenoxy) is 1. The minimum atomic E-state index is 0.519. The highest BCUT2D eigenvalue weighted by Gasteiger charge is 2.00. The van der Waals surface area contributed by atoms with Gasteiger partial charge in [-0.3, -0.25) is 9.67 Å². The van der Waals surface area contributed by atoms with Gasteiger partial charge in [-0.2, -0.15) is 5.10 Å². The Hall–Kier alpha value is -2.28. The minimum Gasteiger partial charge on any atom is -0.467 e. The van der Waals surface area contributed by atoms with Crippen molar-refractivity contribution in [3.63, 3.8) is 0 Å². The second kappa shape index (κ2) is 9.68. The van der Waals surface area contributed by atoms with E-state index in [1.165, 1.54) is 5.56 Å². The first-order valence-electron chi connectivity index (χ1n) is 7.80. The van der Waals surface area contributed by atoms with Gasteiger partial charge in [-0.15, -0.1) is 0 Å². The van der Waals surface area contributed by atoms with Crippen LogP contribution < -0.4 is 10.6 Å². The van der Waals surface area contributed by atoms with Gasteiger partial charge in [0.1, 0.15) is 12.4 Å². The van der Waals surface area contributed by atoms with E-state index in [1.54, 1.807) is 13.3 Å². The molecule has 0 atom stereocenters. The average molecular weight is 319 g/mol. The van der Waals surface area contributed by atoms with E-state index in [1.807, 2.05) is 36.3 Å². The summed E-state index contributed by atoms with van der Waals surface area (Å²) in [4.78, 5) is 4.20. The summed E-state index contributed by atoms with van der Waals surface area (Å²) < 4.78 is 12.5. The van der Waals surface area contributed by atoms with Crippen LogP contribution in [0.3, 0.4) is 0 Å². The molecule has 0 bridgehead atoms. The summed E-state index contributed by atoms with van der Waals surface area (Å²) in [6, 6.07) is 3.77. The fourth-order valence-electron chi connectivity index (χ4n) is 2.10. The molecule has 0 unspecified atom stereocenters. The highest BCUT2D eigenvalue weighted by Crippen LogP contribution is 2.01. The number of aromatic nitrogens is 2. The Morgan fingerprint density at radius 2 is 2.26 bits per heavy atom. The largest absolute Gasteiger partial charge is 0.467 e. The summed E-state index contributed by atoms with van der Waals surface area (Å²) in [5.41, 5.74) is 1.21. The van der Waals surface area contributed by atoms with E-state index >= 15 is 0 Å². The summed E-state index contributed by atoms with van der Waals surface area (Å²) in [6.45, 7) is 2.83. The zero-order valence-corrected chi connectivity index (χ0v) is 13.8. The van der Waals surface area contributed by atoms with E-state index < -0.39 is 0 Å². The van der Waals surface area contributed by atoms with Crippen LogP contribution in [0.2, 0.25) is 0 Å². The van der Waals surface area contributed by atoms with Crippen LogP contribution in [0.15, 0.2) is 40.2 Å². The maximum Gasteiger partial charge on any atom is 0.190 e. The van der Waals surface area contributed by atoms with Gasteiger partial charge >= 0.3 is 0 Å². The van der Waals surface area contributed by atoms with Crippen molar-refractivity contribution < 1.29 is 9.15 Å². The van der Waals surface area contributed by atoms with Gasteiger partial charge in [-0.05, 0) is 30.5 Å². The molecule has 2 rings (SSSR count). The lowest BCUT2D eigenvalue weighted by atomic mass is 10.2. The number of furan rings is 1. The fourth-order valence-corrected chi connectivity index (χ4v) is 2.10. The van der Waals surface area contributed by atoms with Crippen LogP contribution in [0.4, 0.5) is 0 Å². The minimum absolute atomic E-state index is 0.519. The quantitative estimate of drug-likeness (QED) is 0.414. The molecule has 0 aliphatic rings. The topological polar surface area (TPSA) is 76.6 Å². The fraction of sp³-hybridized carbons (Fsp3) is 0.500. The molecule has 23 heavy (non-hydrogen) atoms. The number of nitrogens with zero attached hydrogens (tertiary/aromatic N) is 3. The third-order valence-electron chi connectivity index (χ3n) is 3.27. The smallest absolute Gasteiger partial charge is 0.190 e. The molecule has 0 saturated carbocycles. The third kappa shape index (κ3) is 6.56. The first kappa shape index (κ1) is 17.1. The van der Waals surface area contributed by atoms with E-state index in [9.17, 15) is 0 Å². The van der Waals surface area contributed by atoms with Gasteiger partial charge in [0.15, 0.2) is 5.96 Å². The van der Waals surface area contributed by atoms with Gasteiger partial charge < -0.3 is 19.8 Å². The van der Waals surface area contributed by atoms with Crippen molar-refractivity contribution in [2.24, 2.45) is 12.0 Å². The van der Waals surface area contributed by atoms with E-state index in [2.05, 4.69) is 20.7 Å². The predicted molar refractivity (Wildman–Crippen MR) is 89.3 cm³/mol. The summed E-state index contributed by atoms with van der Waals surface area (Å²) in [5.74, 6) is 1.66. The second-order valence-electron chi connectivity index (χ2n) is 5.18. The predicted octanol–water partition coefficient (Wildman–Crippen LogP) is 1.33. The van der Waals surface area contributed by atoms with Crippen LogP contribution in [0.5, 0.6) is 0 Å². The van der Waals surface area contributed by atoms with Crippen molar-refractivity contribution in [1.29, 1.82) is 0 Å². The normalized spacial score (nSPS) is 11.7. The van der Waals surface area contributed by atoms with Crippen LogP contribution in [-0.2, 0) is 24.8 Å². The van der Waals surface area contributed by atoms with Crippen LogP contribution >= 0.6 is 0 Å². The van der Waals surface area contributed by atoms with Crippen molar-refractivity contribution in [2.45, 2.75) is 19.4 Å². The highest BCUT2D eigenvalue weighted by molar-refractivity contribution is 5.79. The molecule has 0 fully saturated rings. The van der Waals surface area contributed by atoms with Gasteiger partial charge in [0.2, 0.25) is 0 Å². The lowest BCUT2D eigenvalue weighted by molar-refractivity contribution is 0.105. The van der Waals surface area contributed by atoms with Crippen molar-refractivity contribution in [1.82, 2.24) is 20.4 Å². The molecule has 0 aliphatic carbocycles. The Bertz CT molecular complexity index is 577. The lowest BCUT2D eigenvalue weighted by Crippen LogP contribution is -2.39. The monoisotopic (exact) mass is 319 g/mol. The number of guanidine groups is 1. The number of hydrogen-bond acceptors (Lipinski definition) is 4. The van der Waals surface area contributed by atoms with E-state index in [-0.39, 0.29) is 0 Å². The van der Waals surface area contributed by atoms with E-state index in [0.717, 1.165) is 37.7 Å². The molecule has 2 N–H and O–H groups in total. The molecule has 2 heterocycles. The number of rotatable bonds is 9. The summed E-state index contributed by atoms with van der Waals surface area (Å²) >= 11 is 0. The first-order chi connectivity index (χ1) is 11.3. The number of nitrogens with one attached hydrogen (secondary N) is 2. The van der Waals surface area contributed by atoms with E-state index in [4.69, 9.17) is 9.15 Å². The number of aliphatic imine (C=N–C) groups is 1. The molecule has 0 saturated heterocycles. The Morgan fingerprint density at radius 3 is 2.96 bits per heavy atom. The average Bonchev–Trinajstić information content (AvgIpc) is 3.20. The molecule has 0 radical (unpaired) electrons. The molecule has 126 valence electrons. The maximum atomic E-state index is 5.53. The zero-order chi connectivity index (χ0) is 16.3. The molecule has 0 spiro atoms. The van der Waals surface area contributed by atoms with Crippen molar-refractivity contribution in [2.75, 3.05) is 26.7 Å². The summed E-state index contributed by atoms with van der Waals surface area (Å²) in [5, 5.41) is 10.7. The van der Waals surface area contributed by atoms with Crippen LogP contribution in [0, 0.1) is 0 Å². The van der Waals surface area contributed by atoms with Crippen LogP contribution in [0.1, 0.15) is 17.7 Å². The Morgan fingerprint density at radius 1 is 1.39 bits per heavy atom. The zero-order valence-electron chi connectivity index (χ0n) is 13.8. The molecule has 2 aromatic heterocycles. The van der Waals surface area contributed by atoms with Gasteiger partial charge in [0.25, 0.3) is 0 Å². The van der Waals surface area contributed by atoms with Gasteiger partial charge in [0, 0.05) is 40.0 Å². The Balaban J connectivity index is 1.51. The molecule has 0 amide bonds. The molecular formula is C16H25N5O2. The Labute approximate surface area is 136 Å². The molecule has 0 aromatic carbocycles. The highest BCUT2D eigenvalue weighted by atomic mass is 16.5. The van der Waals surface area contributed by atoms with Crippen LogP contribution in [0.25, 0.3) is 0 Å². The number of hydrogen-bond donors (Lipinski definition) is 2. The maximum absolute atomic E-state index is 5.53. The molecule has 7 nitrogen and oxygen atoms in total. The molecular weight excluding hydrogens is 294 g/mol. The molecule has 7 heteroatoms. The van der Waals surface area contributed by atoms with Crippen molar-refractivity contribution >= 4 is 5.96 Å². The number of aryl methyl sites for hydroxylation is 1. The SMILES string of the molecule is CN=C(NCCCOCc1ccco1)NCCc1cnn(C)c1. The van der Waals surface area contributed by atoms with Crippen molar-refractivity contribution in [3.8, 4) is 0 Å². The first-order valence-corrected chi connectivity index (χ1v) is 7.80. The van der Waals surface area contributed by atoms with Gasteiger partial charge in [-0.25, -0.2) is 0 Å². The van der Waals surface area contributed by atoms with Gasteiger partial charge in [0.05, 0.1) is 12.5 Å². The Kier molecular flexibility index (Phi) is 7.19. The second-order valence-corrected chi connectivity index (χ2v) is 5.18. The molecule has 0 aliphatic heterocycles. The summed E-state index contributed by atoms with van der Waals surface area (Å²) in [7, 11) is 3.69. The lowest BCUT2D eigenvalue weighted by Gasteiger charge is -2.11. The van der Waals surface area contributed by atoms with E-state index in [0.29, 0.717) is 13.2 Å². The summed E-state index contributed by atoms with van der Waals surface area (Å²) in [6.07, 6.45) is 7.38. The standard InChI is InChI=1S/C16H25N5O2/c1-17-16(19-8-6-14-11-20-21(2)12-14)18-7-4-9-22-13-15-5-3-10-23-15/h3,5,10-12H,4,6-9,13H2,1-2H3,(H2,17,18,19). The molecule has 2 aromatic rings. The van der Waals surface area contributed by atoms with Crippen molar-refractivity contribution in [3.05, 3.63) is 42.1 Å².